The van der Waals surface area contributed by atoms with E-state index in [2.05, 4.69) is 6.58 Å². The minimum atomic E-state index is -1.45. The van der Waals surface area contributed by atoms with E-state index in [-0.39, 0.29) is 36.5 Å². The number of fused-ring (bicyclic) bond motifs is 2. The van der Waals surface area contributed by atoms with Crippen molar-refractivity contribution in [3.8, 4) is 0 Å². The van der Waals surface area contributed by atoms with Gasteiger partial charge in [0.1, 0.15) is 24.1 Å². The Labute approximate surface area is 186 Å². The monoisotopic (exact) mass is 448 g/mol. The van der Waals surface area contributed by atoms with Crippen LogP contribution in [0.5, 0.6) is 0 Å². The van der Waals surface area contributed by atoms with E-state index in [0.717, 1.165) is 5.57 Å². The van der Waals surface area contributed by atoms with Gasteiger partial charge in [0, 0.05) is 26.9 Å². The third kappa shape index (κ3) is 3.58. The molecule has 7 atom stereocenters. The number of aldehydes is 1. The minimum absolute atomic E-state index is 0.0268. The number of carbonyl (C=O) groups is 3. The third-order valence-electron chi connectivity index (χ3n) is 6.64. The first kappa shape index (κ1) is 22.7. The van der Waals surface area contributed by atoms with Crippen LogP contribution in [-0.4, -0.2) is 65.7 Å². The van der Waals surface area contributed by atoms with Gasteiger partial charge in [0.2, 0.25) is 11.4 Å². The summed E-state index contributed by atoms with van der Waals surface area (Å²) in [5.41, 5.74) is -1.90. The van der Waals surface area contributed by atoms with Gasteiger partial charge in [-0.3, -0.25) is 9.59 Å². The summed E-state index contributed by atoms with van der Waals surface area (Å²) in [4.78, 5) is 36.6. The summed E-state index contributed by atoms with van der Waals surface area (Å²) < 4.78 is 28.6. The van der Waals surface area contributed by atoms with Crippen molar-refractivity contribution in [1.82, 2.24) is 0 Å². The van der Waals surface area contributed by atoms with Crippen LogP contribution < -0.4 is 0 Å². The predicted molar refractivity (Wildman–Crippen MR) is 109 cm³/mol. The Hall–Kier alpha value is -2.49. The highest BCUT2D eigenvalue weighted by Gasteiger charge is 2.78. The number of methoxy groups -OCH3 is 1. The number of ether oxygens (including phenoxy) is 5. The molecule has 0 aromatic heterocycles. The molecule has 9 nitrogen and oxygen atoms in total. The number of hydrogen-bond acceptors (Lipinski definition) is 9. The lowest BCUT2D eigenvalue weighted by molar-refractivity contribution is -0.175. The smallest absolute Gasteiger partial charge is 0.345 e. The molecule has 32 heavy (non-hydrogen) atoms. The predicted octanol–water partition coefficient (Wildman–Crippen LogP) is 1.49. The number of epoxide rings is 1. The lowest BCUT2D eigenvalue weighted by Crippen LogP contribution is -2.43. The van der Waals surface area contributed by atoms with Crippen molar-refractivity contribution in [2.45, 2.75) is 75.3 Å². The Balaban J connectivity index is 1.81. The lowest BCUT2D eigenvalue weighted by Gasteiger charge is -2.34. The van der Waals surface area contributed by atoms with Gasteiger partial charge >= 0.3 is 11.9 Å². The Morgan fingerprint density at radius 1 is 1.34 bits per heavy atom. The first-order chi connectivity index (χ1) is 15.0. The summed E-state index contributed by atoms with van der Waals surface area (Å²) in [5, 5.41) is 11.0. The van der Waals surface area contributed by atoms with E-state index in [4.69, 9.17) is 23.7 Å². The maximum atomic E-state index is 12.9. The largest absolute Gasteiger partial charge is 0.459 e. The number of esters is 2. The molecule has 174 valence electrons. The zero-order chi connectivity index (χ0) is 23.5. The van der Waals surface area contributed by atoms with E-state index in [1.165, 1.54) is 26.2 Å². The number of carbonyl (C=O) groups excluding carboxylic acids is 3. The summed E-state index contributed by atoms with van der Waals surface area (Å²) in [7, 11) is 1.42. The van der Waals surface area contributed by atoms with Crippen molar-refractivity contribution >= 4 is 18.2 Å². The van der Waals surface area contributed by atoms with Gasteiger partial charge in [0.05, 0.1) is 11.2 Å². The summed E-state index contributed by atoms with van der Waals surface area (Å²) in [6.07, 6.45) is 1.69. The van der Waals surface area contributed by atoms with Crippen LogP contribution >= 0.6 is 0 Å². The Kier molecular flexibility index (Phi) is 5.34. The second kappa shape index (κ2) is 7.54. The fourth-order valence-electron chi connectivity index (χ4n) is 4.99. The number of rotatable bonds is 4. The molecular formula is C23H28O9. The minimum Gasteiger partial charge on any atom is -0.459 e. The zero-order valence-electron chi connectivity index (χ0n) is 18.6. The summed E-state index contributed by atoms with van der Waals surface area (Å²) >= 11 is 0. The van der Waals surface area contributed by atoms with E-state index in [9.17, 15) is 19.5 Å². The fraction of sp³-hybridized carbons (Fsp3) is 0.609. The van der Waals surface area contributed by atoms with Crippen molar-refractivity contribution < 1.29 is 43.2 Å². The third-order valence-corrected chi connectivity index (χ3v) is 6.64. The highest BCUT2D eigenvalue weighted by molar-refractivity contribution is 5.88. The van der Waals surface area contributed by atoms with Crippen molar-refractivity contribution in [3.63, 3.8) is 0 Å². The quantitative estimate of drug-likeness (QED) is 0.295. The number of allylic oxidation sites excluding steroid dienone is 2. The molecule has 0 spiro atoms. The van der Waals surface area contributed by atoms with Crippen LogP contribution in [-0.2, 0) is 38.1 Å². The van der Waals surface area contributed by atoms with E-state index in [1.807, 2.05) is 0 Å². The zero-order valence-corrected chi connectivity index (χ0v) is 18.6. The molecule has 4 aliphatic heterocycles. The van der Waals surface area contributed by atoms with Crippen molar-refractivity contribution in [1.29, 1.82) is 0 Å². The molecule has 0 amide bonds. The molecule has 1 unspecified atom stereocenters. The van der Waals surface area contributed by atoms with Gasteiger partial charge in [-0.1, -0.05) is 12.2 Å². The molecule has 4 heterocycles. The van der Waals surface area contributed by atoms with Crippen molar-refractivity contribution in [2.24, 2.45) is 5.92 Å². The Morgan fingerprint density at radius 2 is 2.06 bits per heavy atom. The summed E-state index contributed by atoms with van der Waals surface area (Å²) in [6, 6.07) is 0. The lowest BCUT2D eigenvalue weighted by atomic mass is 9.81. The SMILES string of the molecule is C=C(C)[C@H]1C[C@H](OC(C)=O)C23O[C@@H]2[C@@H](C[C@](C)(O)/C=C2/C=C(C=O)[C@@](OC)(C1)O2)OC3=O. The number of hydrogen-bond donors (Lipinski definition) is 1. The standard InChI is InChI=1S/C23H28O9/c1-12(2)14-6-18(29-13(3)25)23-19(32-23)17(30-20(23)26)10-21(4,27)9-16-7-15(11-24)22(8-14,28-5)31-16/h7,9,11,14,17-19,27H,1,6,8,10H2,2-5H3/b16-9-/t14-,17+,18-,19+,21+,22+,23?/m0/s1. The van der Waals surface area contributed by atoms with Crippen LogP contribution in [0.3, 0.4) is 0 Å². The van der Waals surface area contributed by atoms with E-state index < -0.39 is 47.2 Å². The molecule has 1 N–H and O–H groups in total. The maximum absolute atomic E-state index is 12.9. The average molecular weight is 448 g/mol. The van der Waals surface area contributed by atoms with Gasteiger partial charge in [-0.2, -0.15) is 0 Å². The molecule has 0 aromatic rings. The molecule has 0 radical (unpaired) electrons. The molecule has 2 fully saturated rings. The van der Waals surface area contributed by atoms with Crippen LogP contribution in [0, 0.1) is 5.92 Å². The van der Waals surface area contributed by atoms with Crippen LogP contribution in [0.1, 0.15) is 40.0 Å². The molecule has 4 bridgehead atoms. The van der Waals surface area contributed by atoms with Gasteiger partial charge in [0.15, 0.2) is 6.29 Å². The molecule has 0 saturated carbocycles. The summed E-state index contributed by atoms with van der Waals surface area (Å²) in [6.45, 7) is 8.65. The van der Waals surface area contributed by atoms with Gasteiger partial charge < -0.3 is 28.8 Å². The van der Waals surface area contributed by atoms with Gasteiger partial charge in [-0.15, -0.1) is 0 Å². The molecule has 0 aliphatic carbocycles. The average Bonchev–Trinajstić information content (AvgIpc) is 3.28. The van der Waals surface area contributed by atoms with Crippen molar-refractivity contribution in [2.75, 3.05) is 7.11 Å². The molecule has 0 aromatic carbocycles. The van der Waals surface area contributed by atoms with Crippen molar-refractivity contribution in [3.05, 3.63) is 35.6 Å². The van der Waals surface area contributed by atoms with Gasteiger partial charge in [-0.05, 0) is 38.3 Å². The highest BCUT2D eigenvalue weighted by Crippen LogP contribution is 2.54. The van der Waals surface area contributed by atoms with E-state index in [1.54, 1.807) is 13.8 Å². The molecule has 9 heteroatoms. The molecule has 4 rings (SSSR count). The van der Waals surface area contributed by atoms with E-state index in [0.29, 0.717) is 6.29 Å². The molecule has 4 aliphatic rings. The Bertz CT molecular complexity index is 932. The summed E-state index contributed by atoms with van der Waals surface area (Å²) in [5.74, 6) is -2.70. The fourth-order valence-corrected chi connectivity index (χ4v) is 4.99. The van der Waals surface area contributed by atoms with Gasteiger partial charge in [-0.25, -0.2) is 4.79 Å². The second-order valence-electron chi connectivity index (χ2n) is 9.24. The highest BCUT2D eigenvalue weighted by atomic mass is 16.7. The Morgan fingerprint density at radius 3 is 2.62 bits per heavy atom. The first-order valence-electron chi connectivity index (χ1n) is 10.5. The normalized spacial score (nSPS) is 44.2. The topological polar surface area (TPSA) is 121 Å². The second-order valence-corrected chi connectivity index (χ2v) is 9.24. The van der Waals surface area contributed by atoms with Crippen LogP contribution in [0.25, 0.3) is 0 Å². The maximum Gasteiger partial charge on any atom is 0.345 e. The molecule has 2 saturated heterocycles. The molecular weight excluding hydrogens is 420 g/mol. The number of aliphatic hydroxyl groups is 1. The van der Waals surface area contributed by atoms with Crippen LogP contribution in [0.2, 0.25) is 0 Å². The van der Waals surface area contributed by atoms with Crippen LogP contribution in [0.4, 0.5) is 0 Å². The van der Waals surface area contributed by atoms with Gasteiger partial charge in [0.25, 0.3) is 0 Å². The van der Waals surface area contributed by atoms with Crippen LogP contribution in [0.15, 0.2) is 35.6 Å². The first-order valence-corrected chi connectivity index (χ1v) is 10.5. The van der Waals surface area contributed by atoms with E-state index >= 15 is 0 Å².